The van der Waals surface area contributed by atoms with E-state index in [2.05, 4.69) is 34.6 Å². The zero-order valence-electron chi connectivity index (χ0n) is 11.4. The SMILES string of the molecule is CC.CC(C)C1CCC(C)C(C)(C)C1. The molecule has 0 heterocycles. The van der Waals surface area contributed by atoms with Crippen LogP contribution in [0.1, 0.15) is 67.7 Å². The molecule has 0 amide bonds. The highest BCUT2D eigenvalue weighted by Gasteiger charge is 2.34. The number of hydrogen-bond acceptors (Lipinski definition) is 0. The summed E-state index contributed by atoms with van der Waals surface area (Å²) in [6.07, 6.45) is 4.34. The summed E-state index contributed by atoms with van der Waals surface area (Å²) >= 11 is 0. The van der Waals surface area contributed by atoms with E-state index >= 15 is 0 Å². The van der Waals surface area contributed by atoms with Crippen LogP contribution in [-0.2, 0) is 0 Å². The lowest BCUT2D eigenvalue weighted by atomic mass is 9.63. The molecule has 0 spiro atoms. The van der Waals surface area contributed by atoms with Crippen LogP contribution in [0.3, 0.4) is 0 Å². The summed E-state index contributed by atoms with van der Waals surface area (Å²) in [5.41, 5.74) is 0.590. The second kappa shape index (κ2) is 5.78. The first kappa shape index (κ1) is 14.0. The van der Waals surface area contributed by atoms with Crippen LogP contribution < -0.4 is 0 Å². The van der Waals surface area contributed by atoms with Gasteiger partial charge in [-0.2, -0.15) is 0 Å². The van der Waals surface area contributed by atoms with Gasteiger partial charge in [0.15, 0.2) is 0 Å². The van der Waals surface area contributed by atoms with Crippen molar-refractivity contribution >= 4 is 0 Å². The van der Waals surface area contributed by atoms with Gasteiger partial charge in [0, 0.05) is 0 Å². The molecule has 1 fully saturated rings. The zero-order chi connectivity index (χ0) is 11.4. The van der Waals surface area contributed by atoms with E-state index in [-0.39, 0.29) is 0 Å². The van der Waals surface area contributed by atoms with Gasteiger partial charge in [-0.3, -0.25) is 0 Å². The standard InChI is InChI=1S/C12H24.C2H6/c1-9(2)11-7-6-10(3)12(4,5)8-11;1-2/h9-11H,6-8H2,1-5H3;1-2H3. The molecule has 86 valence electrons. The molecule has 1 rings (SSSR count). The predicted molar refractivity (Wildman–Crippen MR) is 66.5 cm³/mol. The smallest absolute Gasteiger partial charge is 0.0326 e. The molecule has 0 aromatic carbocycles. The summed E-state index contributed by atoms with van der Waals surface area (Å²) < 4.78 is 0. The van der Waals surface area contributed by atoms with Gasteiger partial charge in [0.1, 0.15) is 0 Å². The molecule has 0 saturated heterocycles. The van der Waals surface area contributed by atoms with E-state index in [0.29, 0.717) is 5.41 Å². The summed E-state index contributed by atoms with van der Waals surface area (Å²) in [4.78, 5) is 0. The molecule has 0 bridgehead atoms. The van der Waals surface area contributed by atoms with Gasteiger partial charge in [-0.25, -0.2) is 0 Å². The highest BCUT2D eigenvalue weighted by molar-refractivity contribution is 4.85. The third-order valence-corrected chi connectivity index (χ3v) is 4.04. The van der Waals surface area contributed by atoms with Crippen molar-refractivity contribution in [2.24, 2.45) is 23.2 Å². The minimum atomic E-state index is 0.590. The molecule has 0 aliphatic heterocycles. The fraction of sp³-hybridized carbons (Fsp3) is 1.00. The Morgan fingerprint density at radius 2 is 1.57 bits per heavy atom. The molecule has 0 nitrogen and oxygen atoms in total. The third kappa shape index (κ3) is 3.63. The topological polar surface area (TPSA) is 0 Å². The van der Waals surface area contributed by atoms with Crippen molar-refractivity contribution < 1.29 is 0 Å². The Morgan fingerprint density at radius 1 is 1.07 bits per heavy atom. The van der Waals surface area contributed by atoms with Gasteiger partial charge >= 0.3 is 0 Å². The van der Waals surface area contributed by atoms with Crippen LogP contribution >= 0.6 is 0 Å². The molecule has 0 aromatic heterocycles. The Bertz CT molecular complexity index is 144. The summed E-state index contributed by atoms with van der Waals surface area (Å²) in [6.45, 7) is 16.0. The average molecular weight is 198 g/mol. The Hall–Kier alpha value is 0. The zero-order valence-corrected chi connectivity index (χ0v) is 11.4. The molecular weight excluding hydrogens is 168 g/mol. The fourth-order valence-electron chi connectivity index (χ4n) is 2.40. The van der Waals surface area contributed by atoms with E-state index in [0.717, 1.165) is 17.8 Å². The number of rotatable bonds is 1. The first-order valence-electron chi connectivity index (χ1n) is 6.43. The lowest BCUT2D eigenvalue weighted by molar-refractivity contribution is 0.0854. The van der Waals surface area contributed by atoms with Gasteiger partial charge in [-0.1, -0.05) is 48.5 Å². The molecule has 1 aliphatic rings. The molecule has 0 radical (unpaired) electrons. The molecule has 0 N–H and O–H groups in total. The first-order chi connectivity index (χ1) is 6.43. The highest BCUT2D eigenvalue weighted by atomic mass is 14.4. The van der Waals surface area contributed by atoms with Crippen molar-refractivity contribution in [3.63, 3.8) is 0 Å². The highest BCUT2D eigenvalue weighted by Crippen LogP contribution is 2.45. The molecule has 1 saturated carbocycles. The van der Waals surface area contributed by atoms with Gasteiger partial charge < -0.3 is 0 Å². The van der Waals surface area contributed by atoms with Crippen LogP contribution in [0.2, 0.25) is 0 Å². The predicted octanol–water partition coefficient (Wildman–Crippen LogP) is 5.13. The lowest BCUT2D eigenvalue weighted by Gasteiger charge is -2.42. The Kier molecular flexibility index (Phi) is 5.78. The largest absolute Gasteiger partial charge is 0.0683 e. The van der Waals surface area contributed by atoms with Gasteiger partial charge in [0.2, 0.25) is 0 Å². The maximum Gasteiger partial charge on any atom is -0.0326 e. The summed E-state index contributed by atoms with van der Waals surface area (Å²) in [7, 11) is 0. The van der Waals surface area contributed by atoms with Crippen molar-refractivity contribution in [2.45, 2.75) is 67.7 Å². The fourth-order valence-corrected chi connectivity index (χ4v) is 2.40. The molecule has 1 aliphatic carbocycles. The molecule has 0 aromatic rings. The molecule has 2 atom stereocenters. The number of hydrogen-bond donors (Lipinski definition) is 0. The van der Waals surface area contributed by atoms with Crippen LogP contribution in [0.5, 0.6) is 0 Å². The first-order valence-corrected chi connectivity index (χ1v) is 6.43. The minimum Gasteiger partial charge on any atom is -0.0683 e. The van der Waals surface area contributed by atoms with Crippen LogP contribution in [0, 0.1) is 23.2 Å². The third-order valence-electron chi connectivity index (χ3n) is 4.04. The summed E-state index contributed by atoms with van der Waals surface area (Å²) in [6, 6.07) is 0. The van der Waals surface area contributed by atoms with E-state index in [9.17, 15) is 0 Å². The van der Waals surface area contributed by atoms with Gasteiger partial charge in [0.05, 0.1) is 0 Å². The monoisotopic (exact) mass is 198 g/mol. The summed E-state index contributed by atoms with van der Waals surface area (Å²) in [5, 5.41) is 0. The second-order valence-corrected chi connectivity index (χ2v) is 5.68. The van der Waals surface area contributed by atoms with Crippen LogP contribution in [-0.4, -0.2) is 0 Å². The molecular formula is C14H30. The van der Waals surface area contributed by atoms with Crippen molar-refractivity contribution in [3.05, 3.63) is 0 Å². The van der Waals surface area contributed by atoms with Crippen LogP contribution in [0.25, 0.3) is 0 Å². The maximum atomic E-state index is 2.44. The van der Waals surface area contributed by atoms with Gasteiger partial charge in [-0.15, -0.1) is 0 Å². The van der Waals surface area contributed by atoms with E-state index in [1.807, 2.05) is 13.8 Å². The van der Waals surface area contributed by atoms with E-state index in [4.69, 9.17) is 0 Å². The summed E-state index contributed by atoms with van der Waals surface area (Å²) in [5.74, 6) is 2.79. The van der Waals surface area contributed by atoms with Crippen molar-refractivity contribution in [3.8, 4) is 0 Å². The van der Waals surface area contributed by atoms with Crippen molar-refractivity contribution in [1.29, 1.82) is 0 Å². The second-order valence-electron chi connectivity index (χ2n) is 5.68. The minimum absolute atomic E-state index is 0.590. The van der Waals surface area contributed by atoms with Crippen LogP contribution in [0.4, 0.5) is 0 Å². The van der Waals surface area contributed by atoms with Gasteiger partial charge in [0.25, 0.3) is 0 Å². The maximum absolute atomic E-state index is 2.44. The quantitative estimate of drug-likeness (QED) is 0.548. The molecule has 2 unspecified atom stereocenters. The molecule has 14 heavy (non-hydrogen) atoms. The molecule has 0 heteroatoms. The Labute approximate surface area is 91.5 Å². The average Bonchev–Trinajstić information content (AvgIpc) is 2.13. The Morgan fingerprint density at radius 3 is 1.93 bits per heavy atom. The van der Waals surface area contributed by atoms with E-state index in [1.54, 1.807) is 0 Å². The van der Waals surface area contributed by atoms with Crippen molar-refractivity contribution in [1.82, 2.24) is 0 Å². The normalized spacial score (nSPS) is 30.9. The van der Waals surface area contributed by atoms with E-state index < -0.39 is 0 Å². The van der Waals surface area contributed by atoms with Gasteiger partial charge in [-0.05, 0) is 42.4 Å². The lowest BCUT2D eigenvalue weighted by Crippen LogP contribution is -2.32. The Balaban J connectivity index is 0.000000791. The van der Waals surface area contributed by atoms with Crippen molar-refractivity contribution in [2.75, 3.05) is 0 Å². The van der Waals surface area contributed by atoms with E-state index in [1.165, 1.54) is 19.3 Å². The van der Waals surface area contributed by atoms with Crippen LogP contribution in [0.15, 0.2) is 0 Å².